The van der Waals surface area contributed by atoms with E-state index in [1.807, 2.05) is 55.4 Å². The van der Waals surface area contributed by atoms with E-state index in [0.717, 1.165) is 17.0 Å². The average molecular weight is 343 g/mol. The molecule has 1 aromatic carbocycles. The van der Waals surface area contributed by atoms with Crippen LogP contribution in [0.25, 0.3) is 0 Å². The first kappa shape index (κ1) is 16.0. The number of amides is 1. The molecule has 3 rings (SSSR count). The van der Waals surface area contributed by atoms with E-state index in [9.17, 15) is 4.79 Å². The van der Waals surface area contributed by atoms with Crippen LogP contribution in [0.5, 0.6) is 0 Å². The topological polar surface area (TPSA) is 36.4 Å². The van der Waals surface area contributed by atoms with Crippen LogP contribution in [-0.2, 0) is 0 Å². The molecule has 1 aliphatic rings. The van der Waals surface area contributed by atoms with Gasteiger partial charge in [-0.2, -0.15) is 0 Å². The van der Waals surface area contributed by atoms with E-state index >= 15 is 0 Å². The van der Waals surface area contributed by atoms with Crippen molar-refractivity contribution in [1.82, 2.24) is 9.88 Å². The molecule has 1 saturated heterocycles. The molecular weight excluding hydrogens is 326 g/mol. The number of carbonyl (C=O) groups excluding carboxylic acids is 1. The van der Waals surface area contributed by atoms with Crippen molar-refractivity contribution >= 4 is 39.9 Å². The third-order valence-electron chi connectivity index (χ3n) is 3.79. The van der Waals surface area contributed by atoms with E-state index in [1.54, 1.807) is 29.1 Å². The quantitative estimate of drug-likeness (QED) is 0.799. The van der Waals surface area contributed by atoms with Gasteiger partial charge < -0.3 is 4.90 Å². The maximum Gasteiger partial charge on any atom is 0.263 e. The van der Waals surface area contributed by atoms with Crippen molar-refractivity contribution in [2.75, 3.05) is 24.7 Å². The maximum absolute atomic E-state index is 13.1. The van der Waals surface area contributed by atoms with Crippen LogP contribution in [0.3, 0.4) is 0 Å². The van der Waals surface area contributed by atoms with Crippen LogP contribution < -0.4 is 4.90 Å². The normalized spacial score (nSPS) is 17.4. The summed E-state index contributed by atoms with van der Waals surface area (Å²) in [6.07, 6.45) is 3.31. The molecule has 0 aliphatic carbocycles. The van der Waals surface area contributed by atoms with Gasteiger partial charge in [-0.05, 0) is 11.6 Å². The first-order valence-corrected chi connectivity index (χ1v) is 8.65. The minimum Gasteiger partial charge on any atom is -0.377 e. The number of pyridine rings is 1. The molecule has 6 heteroatoms. The molecule has 0 bridgehead atoms. The van der Waals surface area contributed by atoms with Gasteiger partial charge in [0, 0.05) is 32.2 Å². The fourth-order valence-electron chi connectivity index (χ4n) is 2.64. The highest BCUT2D eigenvalue weighted by molar-refractivity contribution is 8.23. The Morgan fingerprint density at radius 2 is 2.04 bits per heavy atom. The minimum atomic E-state index is -0.0920. The largest absolute Gasteiger partial charge is 0.377 e. The molecule has 1 atom stereocenters. The van der Waals surface area contributed by atoms with Gasteiger partial charge in [0.2, 0.25) is 0 Å². The lowest BCUT2D eigenvalue weighted by Gasteiger charge is -2.26. The lowest BCUT2D eigenvalue weighted by molar-refractivity contribution is 0.0823. The Morgan fingerprint density at radius 3 is 2.74 bits per heavy atom. The molecule has 23 heavy (non-hydrogen) atoms. The Balaban J connectivity index is 1.99. The molecule has 1 amide bonds. The molecule has 1 aromatic heterocycles. The predicted molar refractivity (Wildman–Crippen MR) is 99.0 cm³/mol. The second kappa shape index (κ2) is 6.68. The van der Waals surface area contributed by atoms with E-state index in [0.29, 0.717) is 9.88 Å². The second-order valence-electron chi connectivity index (χ2n) is 5.47. The fourth-order valence-corrected chi connectivity index (χ4v) is 4.04. The predicted octanol–water partition coefficient (Wildman–Crippen LogP) is 3.36. The number of thiocarbonyl (C=S) groups is 1. The molecule has 0 saturated carbocycles. The lowest BCUT2D eigenvalue weighted by Crippen LogP contribution is -2.34. The summed E-state index contributed by atoms with van der Waals surface area (Å²) in [5, 5.41) is 0. The molecule has 1 aliphatic heterocycles. The summed E-state index contributed by atoms with van der Waals surface area (Å²) < 4.78 is 0.623. The van der Waals surface area contributed by atoms with Crippen molar-refractivity contribution in [2.45, 2.75) is 6.04 Å². The number of hydrogen-bond acceptors (Lipinski definition) is 5. The van der Waals surface area contributed by atoms with Crippen LogP contribution in [0.4, 0.5) is 5.69 Å². The highest BCUT2D eigenvalue weighted by Gasteiger charge is 2.36. The van der Waals surface area contributed by atoms with E-state index in [-0.39, 0.29) is 11.9 Å². The van der Waals surface area contributed by atoms with Gasteiger partial charge in [-0.1, -0.05) is 54.3 Å². The number of rotatable bonds is 3. The maximum atomic E-state index is 13.1. The Morgan fingerprint density at radius 1 is 1.30 bits per heavy atom. The second-order valence-corrected chi connectivity index (χ2v) is 7.12. The highest BCUT2D eigenvalue weighted by atomic mass is 32.2. The average Bonchev–Trinajstić information content (AvgIpc) is 2.96. The van der Waals surface area contributed by atoms with E-state index in [2.05, 4.69) is 4.98 Å². The lowest BCUT2D eigenvalue weighted by atomic mass is 10.1. The van der Waals surface area contributed by atoms with Crippen LogP contribution in [0, 0.1) is 0 Å². The van der Waals surface area contributed by atoms with Crippen LogP contribution in [-0.4, -0.2) is 40.0 Å². The van der Waals surface area contributed by atoms with Gasteiger partial charge in [-0.25, -0.2) is 0 Å². The number of nitrogens with zero attached hydrogens (tertiary/aromatic N) is 3. The molecule has 118 valence electrons. The number of thioether (sulfide) groups is 1. The van der Waals surface area contributed by atoms with Crippen molar-refractivity contribution < 1.29 is 4.79 Å². The summed E-state index contributed by atoms with van der Waals surface area (Å²) in [6.45, 7) is 0. The van der Waals surface area contributed by atoms with Gasteiger partial charge in [-0.3, -0.25) is 14.7 Å². The van der Waals surface area contributed by atoms with Crippen LogP contribution in [0.2, 0.25) is 0 Å². The number of aromatic nitrogens is 1. The van der Waals surface area contributed by atoms with Crippen LogP contribution >= 0.6 is 24.0 Å². The Bertz CT molecular complexity index is 734. The molecule has 0 spiro atoms. The molecule has 1 fully saturated rings. The van der Waals surface area contributed by atoms with E-state index in [4.69, 9.17) is 12.2 Å². The van der Waals surface area contributed by atoms with Crippen molar-refractivity contribution in [3.05, 3.63) is 59.9 Å². The summed E-state index contributed by atoms with van der Waals surface area (Å²) in [6, 6.07) is 11.8. The number of hydrogen-bond donors (Lipinski definition) is 0. The van der Waals surface area contributed by atoms with Crippen molar-refractivity contribution in [3.8, 4) is 0 Å². The van der Waals surface area contributed by atoms with Gasteiger partial charge in [0.15, 0.2) is 0 Å². The Labute approximate surface area is 145 Å². The molecular formula is C17H17N3OS2. The van der Waals surface area contributed by atoms with Crippen LogP contribution in [0.15, 0.2) is 48.8 Å². The van der Waals surface area contributed by atoms with Crippen molar-refractivity contribution in [2.24, 2.45) is 0 Å². The summed E-state index contributed by atoms with van der Waals surface area (Å²) in [7, 11) is 3.83. The van der Waals surface area contributed by atoms with E-state index in [1.165, 1.54) is 0 Å². The SMILES string of the molecule is CN(C)c1ccncc1C(=O)N1C(=S)SC[C@@H]1c1ccccc1. The minimum absolute atomic E-state index is 0.0311. The third-order valence-corrected chi connectivity index (χ3v) is 5.26. The number of carbonyl (C=O) groups is 1. The van der Waals surface area contributed by atoms with Gasteiger partial charge in [0.1, 0.15) is 4.32 Å². The van der Waals surface area contributed by atoms with Crippen LogP contribution in [0.1, 0.15) is 22.0 Å². The molecule has 2 aromatic rings. The summed E-state index contributed by atoms with van der Waals surface area (Å²) in [5.74, 6) is 0.692. The molecule has 4 nitrogen and oxygen atoms in total. The third kappa shape index (κ3) is 3.09. The van der Waals surface area contributed by atoms with Gasteiger partial charge in [0.05, 0.1) is 17.3 Å². The summed E-state index contributed by atoms with van der Waals surface area (Å²) in [4.78, 5) is 20.9. The molecule has 2 heterocycles. The first-order valence-electron chi connectivity index (χ1n) is 7.26. The standard InChI is InChI=1S/C17H17N3OS2/c1-19(2)14-8-9-18-10-13(14)16(21)20-15(11-23-17(20)22)12-6-4-3-5-7-12/h3-10,15H,11H2,1-2H3/t15-/m1/s1. The zero-order valence-electron chi connectivity index (χ0n) is 13.0. The number of benzene rings is 1. The highest BCUT2D eigenvalue weighted by Crippen LogP contribution is 2.37. The van der Waals surface area contributed by atoms with E-state index < -0.39 is 0 Å². The van der Waals surface area contributed by atoms with Crippen molar-refractivity contribution in [1.29, 1.82) is 0 Å². The Hall–Kier alpha value is -1.92. The Kier molecular flexibility index (Phi) is 4.63. The summed E-state index contributed by atoms with van der Waals surface area (Å²) in [5.41, 5.74) is 2.52. The van der Waals surface area contributed by atoms with Gasteiger partial charge >= 0.3 is 0 Å². The molecule has 0 radical (unpaired) electrons. The zero-order chi connectivity index (χ0) is 16.4. The van der Waals surface area contributed by atoms with Gasteiger partial charge in [0.25, 0.3) is 5.91 Å². The molecule has 0 N–H and O–H groups in total. The smallest absolute Gasteiger partial charge is 0.263 e. The fraction of sp³-hybridized carbons (Fsp3) is 0.235. The van der Waals surface area contributed by atoms with Crippen molar-refractivity contribution in [3.63, 3.8) is 0 Å². The summed E-state index contributed by atoms with van der Waals surface area (Å²) >= 11 is 6.98. The zero-order valence-corrected chi connectivity index (χ0v) is 14.6. The first-order chi connectivity index (χ1) is 11.1. The number of anilines is 1. The van der Waals surface area contributed by atoms with Gasteiger partial charge in [-0.15, -0.1) is 0 Å². The monoisotopic (exact) mass is 343 g/mol. The molecule has 0 unspecified atom stereocenters.